The zero-order valence-electron chi connectivity index (χ0n) is 11.8. The average Bonchev–Trinajstić information content (AvgIpc) is 2.84. The number of aromatic nitrogens is 2. The highest BCUT2D eigenvalue weighted by Gasteiger charge is 2.19. The number of amides is 1. The van der Waals surface area contributed by atoms with E-state index >= 15 is 0 Å². The van der Waals surface area contributed by atoms with Crippen LogP contribution in [0.25, 0.3) is 0 Å². The molecule has 1 atom stereocenters. The highest BCUT2D eigenvalue weighted by molar-refractivity contribution is 5.93. The van der Waals surface area contributed by atoms with Gasteiger partial charge in [0.1, 0.15) is 5.76 Å². The first-order valence-electron chi connectivity index (χ1n) is 6.39. The molecule has 0 aliphatic carbocycles. The summed E-state index contributed by atoms with van der Waals surface area (Å²) in [6.07, 6.45) is 3.52. The average molecular weight is 274 g/mol. The second-order valence-corrected chi connectivity index (χ2v) is 4.76. The fraction of sp³-hybridized carbons (Fsp3) is 0.357. The minimum Gasteiger partial charge on any atom is -0.360 e. The molecule has 0 aromatic carbocycles. The van der Waals surface area contributed by atoms with Crippen molar-refractivity contribution >= 4 is 11.7 Å². The maximum atomic E-state index is 12.1. The third-order valence-electron chi connectivity index (χ3n) is 3.07. The molecule has 0 radical (unpaired) electrons. The van der Waals surface area contributed by atoms with Crippen molar-refractivity contribution in [2.75, 3.05) is 12.4 Å². The minimum absolute atomic E-state index is 0.121. The van der Waals surface area contributed by atoms with Crippen molar-refractivity contribution < 1.29 is 9.32 Å². The van der Waals surface area contributed by atoms with Gasteiger partial charge in [0.25, 0.3) is 0 Å². The summed E-state index contributed by atoms with van der Waals surface area (Å²) in [4.78, 5) is 18.1. The number of likely N-dealkylation sites (N-methyl/N-ethyl adjacent to an activating group) is 1. The normalized spacial score (nSPS) is 12.4. The van der Waals surface area contributed by atoms with Crippen LogP contribution in [-0.4, -0.2) is 34.0 Å². The fourth-order valence-electron chi connectivity index (χ4n) is 1.77. The van der Waals surface area contributed by atoms with E-state index in [0.29, 0.717) is 18.1 Å². The number of hydrogen-bond acceptors (Lipinski definition) is 5. The Balaban J connectivity index is 1.92. The van der Waals surface area contributed by atoms with Crippen LogP contribution < -0.4 is 5.32 Å². The lowest BCUT2D eigenvalue weighted by molar-refractivity contribution is -0.120. The van der Waals surface area contributed by atoms with Gasteiger partial charge in [-0.15, -0.1) is 0 Å². The molecule has 0 saturated heterocycles. The monoisotopic (exact) mass is 274 g/mol. The standard InChI is InChI=1S/C14H18N4O2/c1-10-7-13(17-20-10)16-14(19)11(2)18(3)9-12-5-4-6-15-8-12/h4-8,11H,9H2,1-3H3,(H,16,17,19). The zero-order valence-corrected chi connectivity index (χ0v) is 11.8. The quantitative estimate of drug-likeness (QED) is 0.900. The van der Waals surface area contributed by atoms with Crippen molar-refractivity contribution in [1.29, 1.82) is 0 Å². The van der Waals surface area contributed by atoms with Gasteiger partial charge in [0.05, 0.1) is 6.04 Å². The molecule has 6 heteroatoms. The first-order valence-corrected chi connectivity index (χ1v) is 6.39. The van der Waals surface area contributed by atoms with E-state index in [-0.39, 0.29) is 11.9 Å². The molecule has 0 aliphatic rings. The van der Waals surface area contributed by atoms with Gasteiger partial charge in [0.2, 0.25) is 5.91 Å². The van der Waals surface area contributed by atoms with Crippen LogP contribution in [0, 0.1) is 6.92 Å². The largest absolute Gasteiger partial charge is 0.360 e. The summed E-state index contributed by atoms with van der Waals surface area (Å²) in [6.45, 7) is 4.28. The van der Waals surface area contributed by atoms with Gasteiger partial charge in [-0.2, -0.15) is 0 Å². The topological polar surface area (TPSA) is 71.3 Å². The van der Waals surface area contributed by atoms with Gasteiger partial charge in [0.15, 0.2) is 5.82 Å². The Kier molecular flexibility index (Phi) is 4.47. The van der Waals surface area contributed by atoms with Crippen LogP contribution >= 0.6 is 0 Å². The molecule has 2 aromatic rings. The Morgan fingerprint density at radius 1 is 1.55 bits per heavy atom. The van der Waals surface area contributed by atoms with Gasteiger partial charge in [-0.1, -0.05) is 11.2 Å². The number of nitrogens with zero attached hydrogens (tertiary/aromatic N) is 3. The van der Waals surface area contributed by atoms with Gasteiger partial charge in [-0.05, 0) is 32.5 Å². The lowest BCUT2D eigenvalue weighted by atomic mass is 10.2. The molecule has 1 N–H and O–H groups in total. The van der Waals surface area contributed by atoms with Crippen LogP contribution in [0.2, 0.25) is 0 Å². The van der Waals surface area contributed by atoms with Crippen LogP contribution in [0.1, 0.15) is 18.2 Å². The van der Waals surface area contributed by atoms with Crippen LogP contribution in [0.5, 0.6) is 0 Å². The van der Waals surface area contributed by atoms with Gasteiger partial charge in [-0.3, -0.25) is 14.7 Å². The Bertz CT molecular complexity index is 568. The number of rotatable bonds is 5. The van der Waals surface area contributed by atoms with Crippen molar-refractivity contribution in [3.63, 3.8) is 0 Å². The molecule has 0 spiro atoms. The highest BCUT2D eigenvalue weighted by atomic mass is 16.5. The Hall–Kier alpha value is -2.21. The number of carbonyl (C=O) groups is 1. The summed E-state index contributed by atoms with van der Waals surface area (Å²) >= 11 is 0. The van der Waals surface area contributed by atoms with E-state index in [1.165, 1.54) is 0 Å². The molecule has 2 heterocycles. The molecule has 0 aliphatic heterocycles. The third-order valence-corrected chi connectivity index (χ3v) is 3.07. The molecule has 106 valence electrons. The van der Waals surface area contributed by atoms with E-state index < -0.39 is 0 Å². The Morgan fingerprint density at radius 2 is 2.35 bits per heavy atom. The molecule has 0 fully saturated rings. The van der Waals surface area contributed by atoms with E-state index in [1.54, 1.807) is 25.4 Å². The van der Waals surface area contributed by atoms with Crippen molar-refractivity contribution in [3.05, 3.63) is 41.9 Å². The maximum absolute atomic E-state index is 12.1. The molecule has 20 heavy (non-hydrogen) atoms. The van der Waals surface area contributed by atoms with Gasteiger partial charge >= 0.3 is 0 Å². The number of nitrogens with one attached hydrogen (secondary N) is 1. The molecular weight excluding hydrogens is 256 g/mol. The predicted octanol–water partition coefficient (Wildman–Crippen LogP) is 1.84. The van der Waals surface area contributed by atoms with Gasteiger partial charge < -0.3 is 9.84 Å². The van der Waals surface area contributed by atoms with E-state index in [0.717, 1.165) is 5.56 Å². The van der Waals surface area contributed by atoms with Crippen LogP contribution in [-0.2, 0) is 11.3 Å². The van der Waals surface area contributed by atoms with Crippen LogP contribution in [0.4, 0.5) is 5.82 Å². The third kappa shape index (κ3) is 3.64. The Morgan fingerprint density at radius 3 is 2.95 bits per heavy atom. The number of pyridine rings is 1. The molecule has 1 amide bonds. The van der Waals surface area contributed by atoms with E-state index in [9.17, 15) is 4.79 Å². The summed E-state index contributed by atoms with van der Waals surface area (Å²) in [5.41, 5.74) is 1.06. The summed E-state index contributed by atoms with van der Waals surface area (Å²) < 4.78 is 4.91. The second-order valence-electron chi connectivity index (χ2n) is 4.76. The zero-order chi connectivity index (χ0) is 14.5. The lowest BCUT2D eigenvalue weighted by Crippen LogP contribution is -2.39. The van der Waals surface area contributed by atoms with E-state index in [2.05, 4.69) is 15.5 Å². The molecule has 0 saturated carbocycles. The van der Waals surface area contributed by atoms with E-state index in [4.69, 9.17) is 4.52 Å². The second kappa shape index (κ2) is 6.29. The highest BCUT2D eigenvalue weighted by Crippen LogP contribution is 2.10. The maximum Gasteiger partial charge on any atom is 0.242 e. The molecule has 0 bridgehead atoms. The summed E-state index contributed by atoms with van der Waals surface area (Å²) in [5.74, 6) is 0.982. The van der Waals surface area contributed by atoms with Gasteiger partial charge in [-0.25, -0.2) is 0 Å². The molecule has 6 nitrogen and oxygen atoms in total. The van der Waals surface area contributed by atoms with Crippen LogP contribution in [0.3, 0.4) is 0 Å². The molecule has 1 unspecified atom stereocenters. The van der Waals surface area contributed by atoms with Crippen molar-refractivity contribution in [3.8, 4) is 0 Å². The van der Waals surface area contributed by atoms with Crippen LogP contribution in [0.15, 0.2) is 35.1 Å². The molecular formula is C14H18N4O2. The Labute approximate surface area is 117 Å². The first kappa shape index (κ1) is 14.2. The van der Waals surface area contributed by atoms with E-state index in [1.807, 2.05) is 31.0 Å². The SMILES string of the molecule is Cc1cc(NC(=O)C(C)N(C)Cc2cccnc2)no1. The number of hydrogen-bond donors (Lipinski definition) is 1. The first-order chi connectivity index (χ1) is 9.56. The molecule has 2 rings (SSSR count). The summed E-state index contributed by atoms with van der Waals surface area (Å²) in [6, 6.07) is 5.26. The number of anilines is 1. The minimum atomic E-state index is -0.285. The van der Waals surface area contributed by atoms with Crippen molar-refractivity contribution in [1.82, 2.24) is 15.0 Å². The fourth-order valence-corrected chi connectivity index (χ4v) is 1.77. The number of carbonyl (C=O) groups excluding carboxylic acids is 1. The van der Waals surface area contributed by atoms with Gasteiger partial charge in [0, 0.05) is 25.0 Å². The lowest BCUT2D eigenvalue weighted by Gasteiger charge is -2.23. The molecule has 2 aromatic heterocycles. The summed E-state index contributed by atoms with van der Waals surface area (Å²) in [7, 11) is 1.89. The number of aryl methyl sites for hydroxylation is 1. The van der Waals surface area contributed by atoms with Crippen molar-refractivity contribution in [2.45, 2.75) is 26.4 Å². The smallest absolute Gasteiger partial charge is 0.242 e. The predicted molar refractivity (Wildman–Crippen MR) is 75.0 cm³/mol. The van der Waals surface area contributed by atoms with Crippen molar-refractivity contribution in [2.24, 2.45) is 0 Å². The summed E-state index contributed by atoms with van der Waals surface area (Å²) in [5, 5.41) is 6.47.